The van der Waals surface area contributed by atoms with E-state index in [0.717, 1.165) is 39.8 Å². The highest BCUT2D eigenvalue weighted by atomic mass is 32.2. The predicted molar refractivity (Wildman–Crippen MR) is 200 cm³/mol. The van der Waals surface area contributed by atoms with Crippen LogP contribution in [0, 0.1) is 23.2 Å². The number of thioether (sulfide) groups is 1. The van der Waals surface area contributed by atoms with Crippen LogP contribution in [0.2, 0.25) is 0 Å². The van der Waals surface area contributed by atoms with Crippen LogP contribution < -0.4 is 0 Å². The third-order valence-corrected chi connectivity index (χ3v) is 12.6. The fraction of sp³-hybridized carbons (Fsp3) is 0.455. The molecular formula is C44H52O5S. The average molecular weight is 693 g/mol. The van der Waals surface area contributed by atoms with Crippen molar-refractivity contribution in [2.24, 2.45) is 23.2 Å². The quantitative estimate of drug-likeness (QED) is 0.117. The smallest absolute Gasteiger partial charge is 0.132 e. The van der Waals surface area contributed by atoms with Crippen LogP contribution in [0.1, 0.15) is 55.4 Å². The van der Waals surface area contributed by atoms with Gasteiger partial charge in [-0.05, 0) is 70.4 Å². The Morgan fingerprint density at radius 3 is 1.58 bits per heavy atom. The van der Waals surface area contributed by atoms with Gasteiger partial charge in [-0.1, -0.05) is 135 Å². The van der Waals surface area contributed by atoms with Crippen molar-refractivity contribution < 1.29 is 23.7 Å². The molecule has 3 saturated carbocycles. The molecule has 4 aromatic carbocycles. The van der Waals surface area contributed by atoms with Crippen LogP contribution in [-0.2, 0) is 50.1 Å². The first-order valence-corrected chi connectivity index (χ1v) is 19.4. The Morgan fingerprint density at radius 1 is 0.600 bits per heavy atom. The summed E-state index contributed by atoms with van der Waals surface area (Å²) in [5, 5.41) is 0. The summed E-state index contributed by atoms with van der Waals surface area (Å²) in [6, 6.07) is 41.5. The molecule has 0 aromatic heterocycles. The molecular weight excluding hydrogens is 641 g/mol. The minimum absolute atomic E-state index is 0.234. The van der Waals surface area contributed by atoms with E-state index < -0.39 is 6.10 Å². The molecule has 8 atom stereocenters. The second-order valence-electron chi connectivity index (χ2n) is 14.9. The molecule has 264 valence electrons. The maximum atomic E-state index is 7.11. The van der Waals surface area contributed by atoms with Gasteiger partial charge < -0.3 is 23.7 Å². The largest absolute Gasteiger partial charge is 0.374 e. The van der Waals surface area contributed by atoms with Crippen LogP contribution in [0.5, 0.6) is 0 Å². The normalized spacial score (nSPS) is 28.5. The van der Waals surface area contributed by atoms with E-state index in [4.69, 9.17) is 23.7 Å². The Labute approximate surface area is 303 Å². The molecule has 8 rings (SSSR count). The van der Waals surface area contributed by atoms with Crippen molar-refractivity contribution in [3.63, 3.8) is 0 Å². The summed E-state index contributed by atoms with van der Waals surface area (Å²) < 4.78 is 34.2. The van der Waals surface area contributed by atoms with E-state index in [2.05, 4.69) is 98.8 Å². The monoisotopic (exact) mass is 692 g/mol. The lowest BCUT2D eigenvalue weighted by atomic mass is 9.46. The van der Waals surface area contributed by atoms with Gasteiger partial charge in [0.05, 0.1) is 33.0 Å². The molecule has 0 spiro atoms. The zero-order valence-electron chi connectivity index (χ0n) is 29.5. The van der Waals surface area contributed by atoms with Crippen molar-refractivity contribution in [3.8, 4) is 0 Å². The molecule has 0 radical (unpaired) electrons. The van der Waals surface area contributed by atoms with Crippen LogP contribution in [-0.4, -0.2) is 42.2 Å². The summed E-state index contributed by atoms with van der Waals surface area (Å²) in [5.74, 6) is 3.39. The van der Waals surface area contributed by atoms with Gasteiger partial charge in [-0.2, -0.15) is 0 Å². The number of hydrogen-bond donors (Lipinski definition) is 0. The van der Waals surface area contributed by atoms with Crippen LogP contribution in [0.15, 0.2) is 121 Å². The zero-order valence-corrected chi connectivity index (χ0v) is 30.3. The molecule has 0 amide bonds. The van der Waals surface area contributed by atoms with Gasteiger partial charge in [0.2, 0.25) is 0 Å². The number of fused-ring (bicyclic) bond motifs is 2. The van der Waals surface area contributed by atoms with Crippen molar-refractivity contribution in [1.82, 2.24) is 0 Å². The Morgan fingerprint density at radius 2 is 1.08 bits per heavy atom. The Kier molecular flexibility index (Phi) is 12.1. The molecule has 4 fully saturated rings. The number of hydrogen-bond acceptors (Lipinski definition) is 6. The van der Waals surface area contributed by atoms with Crippen molar-refractivity contribution in [3.05, 3.63) is 144 Å². The third-order valence-electron chi connectivity index (χ3n) is 11.3. The third kappa shape index (κ3) is 8.72. The lowest BCUT2D eigenvalue weighted by Crippen LogP contribution is -2.60. The SMILES string of the molecule is CC1(C)[C@H]2CC[C@H](CS[C@@H]3O[C@H](COCc4ccccc4)[C@@H](OCc4ccccc4)[C@H](OCc4ccccc4)[C@H]3OCc3ccccc3)[C@@H]1C2. The summed E-state index contributed by atoms with van der Waals surface area (Å²) >= 11 is 1.91. The molecule has 3 aliphatic carbocycles. The molecule has 4 aromatic rings. The standard InChI is InChI=1S/C44H52O5S/c1-44(2)37-24-23-36(38(44)25-37)31-50-43-42(48-29-35-21-13-6-14-22-35)41(47-28-34-19-11-5-12-20-34)40(46-27-33-17-9-4-10-18-33)39(49-43)30-45-26-32-15-7-3-8-16-32/h3-22,36-43H,23-31H2,1-2H3/t36-,37+,38+,39-,40-,41+,42-,43+/m1/s1. The van der Waals surface area contributed by atoms with E-state index in [1.165, 1.54) is 19.3 Å². The number of ether oxygens (including phenoxy) is 5. The number of benzene rings is 4. The molecule has 0 unspecified atom stereocenters. The number of rotatable bonds is 16. The van der Waals surface area contributed by atoms with E-state index >= 15 is 0 Å². The summed E-state index contributed by atoms with van der Waals surface area (Å²) in [6.45, 7) is 7.23. The first-order chi connectivity index (χ1) is 24.5. The topological polar surface area (TPSA) is 46.2 Å². The van der Waals surface area contributed by atoms with Crippen molar-refractivity contribution in [2.45, 2.75) is 89.4 Å². The van der Waals surface area contributed by atoms with E-state index in [0.29, 0.717) is 44.4 Å². The van der Waals surface area contributed by atoms with Gasteiger partial charge in [0.15, 0.2) is 0 Å². The highest BCUT2D eigenvalue weighted by molar-refractivity contribution is 7.99. The second kappa shape index (κ2) is 17.0. The maximum Gasteiger partial charge on any atom is 0.132 e. The van der Waals surface area contributed by atoms with Crippen molar-refractivity contribution >= 4 is 11.8 Å². The van der Waals surface area contributed by atoms with Gasteiger partial charge in [0, 0.05) is 0 Å². The fourth-order valence-corrected chi connectivity index (χ4v) is 9.74. The maximum absolute atomic E-state index is 7.11. The summed E-state index contributed by atoms with van der Waals surface area (Å²) in [5.41, 5.74) is 4.69. The highest BCUT2D eigenvalue weighted by Crippen LogP contribution is 2.62. The zero-order chi connectivity index (χ0) is 34.2. The van der Waals surface area contributed by atoms with Crippen LogP contribution in [0.3, 0.4) is 0 Å². The average Bonchev–Trinajstić information content (AvgIpc) is 3.16. The summed E-state index contributed by atoms with van der Waals surface area (Å²) in [6.07, 6.45) is 2.53. The molecule has 2 bridgehead atoms. The Bertz CT molecular complexity index is 1570. The fourth-order valence-electron chi connectivity index (χ4n) is 8.26. The summed E-state index contributed by atoms with van der Waals surface area (Å²) in [4.78, 5) is 0. The molecule has 50 heavy (non-hydrogen) atoms. The minimum atomic E-state index is -0.409. The van der Waals surface area contributed by atoms with E-state index in [9.17, 15) is 0 Å². The first-order valence-electron chi connectivity index (χ1n) is 18.4. The predicted octanol–water partition coefficient (Wildman–Crippen LogP) is 9.49. The summed E-state index contributed by atoms with van der Waals surface area (Å²) in [7, 11) is 0. The van der Waals surface area contributed by atoms with Crippen molar-refractivity contribution in [1.29, 1.82) is 0 Å². The van der Waals surface area contributed by atoms with Crippen LogP contribution in [0.25, 0.3) is 0 Å². The van der Waals surface area contributed by atoms with Crippen LogP contribution >= 0.6 is 11.8 Å². The Balaban J connectivity index is 1.17. The molecule has 0 N–H and O–H groups in total. The molecule has 4 aliphatic rings. The van der Waals surface area contributed by atoms with E-state index in [-0.39, 0.29) is 23.7 Å². The molecule has 1 heterocycles. The Hall–Kier alpha value is -2.97. The lowest BCUT2D eigenvalue weighted by molar-refractivity contribution is -0.254. The molecule has 5 nitrogen and oxygen atoms in total. The van der Waals surface area contributed by atoms with Gasteiger partial charge in [-0.25, -0.2) is 0 Å². The molecule has 1 aliphatic heterocycles. The van der Waals surface area contributed by atoms with Gasteiger partial charge in [0.25, 0.3) is 0 Å². The van der Waals surface area contributed by atoms with Gasteiger partial charge >= 0.3 is 0 Å². The minimum Gasteiger partial charge on any atom is -0.374 e. The van der Waals surface area contributed by atoms with Crippen LogP contribution in [0.4, 0.5) is 0 Å². The van der Waals surface area contributed by atoms with E-state index in [1.54, 1.807) is 0 Å². The molecule has 1 saturated heterocycles. The first kappa shape index (κ1) is 35.4. The van der Waals surface area contributed by atoms with E-state index in [1.807, 2.05) is 48.2 Å². The second-order valence-corrected chi connectivity index (χ2v) is 16.0. The van der Waals surface area contributed by atoms with Gasteiger partial charge in [0.1, 0.15) is 29.9 Å². The van der Waals surface area contributed by atoms with Crippen molar-refractivity contribution in [2.75, 3.05) is 12.4 Å². The van der Waals surface area contributed by atoms with Gasteiger partial charge in [-0.3, -0.25) is 0 Å². The highest BCUT2D eigenvalue weighted by Gasteiger charge is 2.55. The molecule has 6 heteroatoms. The van der Waals surface area contributed by atoms with Gasteiger partial charge in [-0.15, -0.1) is 11.8 Å². The lowest BCUT2D eigenvalue weighted by Gasteiger charge is -2.60.